The fourth-order valence-corrected chi connectivity index (χ4v) is 1.59. The normalized spacial score (nSPS) is 14.1. The van der Waals surface area contributed by atoms with Crippen LogP contribution in [-0.2, 0) is 9.59 Å². The average molecular weight is 252 g/mol. The van der Waals surface area contributed by atoms with Gasteiger partial charge in [0.2, 0.25) is 0 Å². The highest BCUT2D eigenvalue weighted by atomic mass is 16.2. The van der Waals surface area contributed by atoms with Gasteiger partial charge in [-0.1, -0.05) is 27.0 Å². The number of hydrogen-bond donors (Lipinski definition) is 1. The SMILES string of the molecule is C=C(C)C(=O)NC(=C)C(=O)N1CCCCC1.CC. The summed E-state index contributed by atoms with van der Waals surface area (Å²) in [7, 11) is 0. The molecule has 4 nitrogen and oxygen atoms in total. The number of carbonyl (C=O) groups is 2. The van der Waals surface area contributed by atoms with E-state index in [2.05, 4.69) is 18.5 Å². The number of likely N-dealkylation sites (tertiary alicyclic amines) is 1. The van der Waals surface area contributed by atoms with E-state index in [0.717, 1.165) is 32.4 Å². The summed E-state index contributed by atoms with van der Waals surface area (Å²) in [4.78, 5) is 24.9. The lowest BCUT2D eigenvalue weighted by atomic mass is 10.1. The maximum atomic E-state index is 11.8. The maximum Gasteiger partial charge on any atom is 0.269 e. The molecule has 0 saturated carbocycles. The zero-order valence-corrected chi connectivity index (χ0v) is 11.7. The zero-order valence-electron chi connectivity index (χ0n) is 11.7. The van der Waals surface area contributed by atoms with Gasteiger partial charge in [0, 0.05) is 18.7 Å². The third-order valence-electron chi connectivity index (χ3n) is 2.55. The zero-order chi connectivity index (χ0) is 14.1. The quantitative estimate of drug-likeness (QED) is 0.783. The average Bonchev–Trinajstić information content (AvgIpc) is 2.40. The Hall–Kier alpha value is -1.58. The summed E-state index contributed by atoms with van der Waals surface area (Å²) in [5.74, 6) is -0.537. The van der Waals surface area contributed by atoms with E-state index in [-0.39, 0.29) is 17.5 Å². The van der Waals surface area contributed by atoms with Crippen molar-refractivity contribution in [2.45, 2.75) is 40.0 Å². The molecule has 0 aromatic rings. The van der Waals surface area contributed by atoms with Crippen LogP contribution in [0.5, 0.6) is 0 Å². The molecular formula is C14H24N2O2. The molecule has 1 N–H and O–H groups in total. The van der Waals surface area contributed by atoms with Crippen LogP contribution in [0.3, 0.4) is 0 Å². The summed E-state index contributed by atoms with van der Waals surface area (Å²) in [6, 6.07) is 0. The van der Waals surface area contributed by atoms with Gasteiger partial charge in [-0.2, -0.15) is 0 Å². The van der Waals surface area contributed by atoms with E-state index in [4.69, 9.17) is 0 Å². The Labute approximate surface area is 110 Å². The third-order valence-corrected chi connectivity index (χ3v) is 2.55. The Morgan fingerprint density at radius 1 is 1.06 bits per heavy atom. The van der Waals surface area contributed by atoms with Crippen molar-refractivity contribution < 1.29 is 9.59 Å². The second kappa shape index (κ2) is 8.50. The molecule has 18 heavy (non-hydrogen) atoms. The predicted octanol–water partition coefficient (Wildman–Crippen LogP) is 2.23. The number of carbonyl (C=O) groups excluding carboxylic acids is 2. The summed E-state index contributed by atoms with van der Waals surface area (Å²) in [6.45, 7) is 14.2. The fraction of sp³-hybridized carbons (Fsp3) is 0.571. The third kappa shape index (κ3) is 5.17. The molecule has 1 aliphatic heterocycles. The van der Waals surface area contributed by atoms with Gasteiger partial charge in [0.15, 0.2) is 0 Å². The molecule has 0 atom stereocenters. The molecule has 1 rings (SSSR count). The van der Waals surface area contributed by atoms with Crippen molar-refractivity contribution >= 4 is 11.8 Å². The molecule has 102 valence electrons. The van der Waals surface area contributed by atoms with E-state index in [1.54, 1.807) is 11.8 Å². The Morgan fingerprint density at radius 2 is 1.56 bits per heavy atom. The van der Waals surface area contributed by atoms with Gasteiger partial charge in [-0.15, -0.1) is 0 Å². The van der Waals surface area contributed by atoms with Crippen molar-refractivity contribution in [1.29, 1.82) is 0 Å². The van der Waals surface area contributed by atoms with Crippen LogP contribution in [0, 0.1) is 0 Å². The smallest absolute Gasteiger partial charge is 0.269 e. The van der Waals surface area contributed by atoms with Crippen molar-refractivity contribution in [3.63, 3.8) is 0 Å². The molecule has 0 radical (unpaired) electrons. The monoisotopic (exact) mass is 252 g/mol. The van der Waals surface area contributed by atoms with Crippen molar-refractivity contribution in [3.05, 3.63) is 24.4 Å². The van der Waals surface area contributed by atoms with Crippen molar-refractivity contribution in [3.8, 4) is 0 Å². The number of nitrogens with one attached hydrogen (secondary N) is 1. The van der Waals surface area contributed by atoms with Crippen LogP contribution < -0.4 is 5.32 Å². The van der Waals surface area contributed by atoms with Gasteiger partial charge in [0.1, 0.15) is 0 Å². The minimum atomic E-state index is -0.352. The standard InChI is InChI=1S/C12H18N2O2.C2H6/c1-9(2)11(15)13-10(3)12(16)14-7-5-4-6-8-14;1-2/h1,3-8H2,2H3,(H,13,15);1-2H3. The van der Waals surface area contributed by atoms with Crippen LogP contribution in [0.1, 0.15) is 40.0 Å². The van der Waals surface area contributed by atoms with Crippen LogP contribution in [0.25, 0.3) is 0 Å². The fourth-order valence-electron chi connectivity index (χ4n) is 1.59. The maximum absolute atomic E-state index is 11.8. The number of hydrogen-bond acceptors (Lipinski definition) is 2. The molecule has 1 saturated heterocycles. The van der Waals surface area contributed by atoms with Gasteiger partial charge in [-0.25, -0.2) is 0 Å². The topological polar surface area (TPSA) is 49.4 Å². The highest BCUT2D eigenvalue weighted by Gasteiger charge is 2.20. The second-order valence-corrected chi connectivity index (χ2v) is 4.07. The first-order chi connectivity index (χ1) is 8.52. The van der Waals surface area contributed by atoms with Gasteiger partial charge < -0.3 is 10.2 Å². The Kier molecular flexibility index (Phi) is 7.76. The Balaban J connectivity index is 0.00000137. The molecule has 1 aliphatic rings. The van der Waals surface area contributed by atoms with Crippen LogP contribution in [0.2, 0.25) is 0 Å². The Bertz CT molecular complexity index is 329. The van der Waals surface area contributed by atoms with E-state index in [0.29, 0.717) is 5.57 Å². The molecule has 1 heterocycles. The molecular weight excluding hydrogens is 228 g/mol. The molecule has 0 aliphatic carbocycles. The van der Waals surface area contributed by atoms with Crippen molar-refractivity contribution in [2.75, 3.05) is 13.1 Å². The summed E-state index contributed by atoms with van der Waals surface area (Å²) in [5.41, 5.74) is 0.502. The first kappa shape index (κ1) is 16.4. The summed E-state index contributed by atoms with van der Waals surface area (Å²) < 4.78 is 0. The van der Waals surface area contributed by atoms with E-state index < -0.39 is 0 Å². The highest BCUT2D eigenvalue weighted by Crippen LogP contribution is 2.10. The Morgan fingerprint density at radius 3 is 2.00 bits per heavy atom. The van der Waals surface area contributed by atoms with Gasteiger partial charge in [0.25, 0.3) is 11.8 Å². The van der Waals surface area contributed by atoms with Crippen LogP contribution in [-0.4, -0.2) is 29.8 Å². The molecule has 4 heteroatoms. The molecule has 0 unspecified atom stereocenters. The first-order valence-corrected chi connectivity index (χ1v) is 6.47. The summed E-state index contributed by atoms with van der Waals surface area (Å²) in [6.07, 6.45) is 3.20. The second-order valence-electron chi connectivity index (χ2n) is 4.07. The van der Waals surface area contributed by atoms with Crippen molar-refractivity contribution in [1.82, 2.24) is 10.2 Å². The van der Waals surface area contributed by atoms with Crippen LogP contribution in [0.15, 0.2) is 24.4 Å². The number of amides is 2. The lowest BCUT2D eigenvalue weighted by Gasteiger charge is -2.27. The van der Waals surface area contributed by atoms with E-state index >= 15 is 0 Å². The number of rotatable bonds is 3. The minimum Gasteiger partial charge on any atom is -0.337 e. The summed E-state index contributed by atoms with van der Waals surface area (Å²) in [5, 5.41) is 2.45. The number of piperidine rings is 1. The van der Waals surface area contributed by atoms with Gasteiger partial charge in [0.05, 0.1) is 5.70 Å². The first-order valence-electron chi connectivity index (χ1n) is 6.47. The molecule has 0 bridgehead atoms. The lowest BCUT2D eigenvalue weighted by Crippen LogP contribution is -2.40. The van der Waals surface area contributed by atoms with Crippen LogP contribution in [0.4, 0.5) is 0 Å². The van der Waals surface area contributed by atoms with Gasteiger partial charge >= 0.3 is 0 Å². The van der Waals surface area contributed by atoms with Crippen LogP contribution >= 0.6 is 0 Å². The minimum absolute atomic E-state index is 0.134. The lowest BCUT2D eigenvalue weighted by molar-refractivity contribution is -0.129. The molecule has 2 amide bonds. The summed E-state index contributed by atoms with van der Waals surface area (Å²) >= 11 is 0. The van der Waals surface area contributed by atoms with E-state index in [1.165, 1.54) is 0 Å². The molecule has 0 aromatic carbocycles. The van der Waals surface area contributed by atoms with Gasteiger partial charge in [-0.05, 0) is 26.2 Å². The molecule has 0 aromatic heterocycles. The van der Waals surface area contributed by atoms with E-state index in [1.807, 2.05) is 13.8 Å². The largest absolute Gasteiger partial charge is 0.337 e. The van der Waals surface area contributed by atoms with Crippen molar-refractivity contribution in [2.24, 2.45) is 0 Å². The van der Waals surface area contributed by atoms with E-state index in [9.17, 15) is 9.59 Å². The highest BCUT2D eigenvalue weighted by molar-refractivity contribution is 6.01. The molecule has 0 spiro atoms. The molecule has 1 fully saturated rings. The predicted molar refractivity (Wildman–Crippen MR) is 73.9 cm³/mol. The number of nitrogens with zero attached hydrogens (tertiary/aromatic N) is 1. The van der Waals surface area contributed by atoms with Gasteiger partial charge in [-0.3, -0.25) is 9.59 Å².